The lowest BCUT2D eigenvalue weighted by atomic mass is 9.97. The molecule has 2 atom stereocenters. The van der Waals surface area contributed by atoms with E-state index in [1.807, 2.05) is 5.32 Å². The summed E-state index contributed by atoms with van der Waals surface area (Å²) in [5.74, 6) is -7.22. The quantitative estimate of drug-likeness (QED) is 0.133. The Morgan fingerprint density at radius 1 is 0.939 bits per heavy atom. The predicted octanol–water partition coefficient (Wildman–Crippen LogP) is 3.92. The molecule has 3 aromatic rings. The van der Waals surface area contributed by atoms with Crippen LogP contribution in [0.2, 0.25) is 0 Å². The summed E-state index contributed by atoms with van der Waals surface area (Å²) < 4.78 is 135. The highest BCUT2D eigenvalue weighted by molar-refractivity contribution is 6.07. The van der Waals surface area contributed by atoms with Crippen molar-refractivity contribution in [1.82, 2.24) is 26.1 Å². The van der Waals surface area contributed by atoms with E-state index in [-0.39, 0.29) is 48.5 Å². The van der Waals surface area contributed by atoms with Crippen LogP contribution in [-0.2, 0) is 31.5 Å². The first-order valence-corrected chi connectivity index (χ1v) is 13.6. The number of guanidine groups is 1. The molecule has 4 rings (SSSR count). The smallest absolute Gasteiger partial charge is 0.386 e. The number of aliphatic imine (C=N–C) groups is 1. The Labute approximate surface area is 266 Å². The number of alkyl halides is 10. The topological polar surface area (TPSA) is 167 Å². The van der Waals surface area contributed by atoms with Crippen LogP contribution in [-0.4, -0.2) is 71.9 Å². The van der Waals surface area contributed by atoms with E-state index < -0.39 is 84.2 Å². The summed E-state index contributed by atoms with van der Waals surface area (Å²) in [4.78, 5) is 52.9. The maximum atomic E-state index is 13.5. The van der Waals surface area contributed by atoms with Gasteiger partial charge in [0.05, 0.1) is 60.6 Å². The summed E-state index contributed by atoms with van der Waals surface area (Å²) >= 11 is 0. The number of halogens is 10. The zero-order chi connectivity index (χ0) is 36.3. The van der Waals surface area contributed by atoms with E-state index in [0.29, 0.717) is 10.9 Å². The fourth-order valence-corrected chi connectivity index (χ4v) is 4.33. The number of hydrogen-bond donors (Lipinski definition) is 5. The molecule has 2 amide bonds. The molecule has 49 heavy (non-hydrogen) atoms. The molecular formula is C27H21F10N7O5. The van der Waals surface area contributed by atoms with Crippen LogP contribution in [0.5, 0.6) is 0 Å². The van der Waals surface area contributed by atoms with Gasteiger partial charge in [0.2, 0.25) is 5.91 Å². The molecule has 1 unspecified atom stereocenters. The summed E-state index contributed by atoms with van der Waals surface area (Å²) in [6.45, 7) is -1.22. The Bertz CT molecular complexity index is 1750. The molecular weight excluding hydrogens is 692 g/mol. The maximum absolute atomic E-state index is 13.5. The standard InChI is InChI=1S/C27H21F10N7O5/c28-15-7-39-24(40-8-15)43-18-3-12(4-19-16(18)9-41-44-19)22(47)38-10-20(45)42-17(6-21(46)49-23(48)27(35,36)37)11-1-13(25(29,30)31)5-14(2-11)26(32,33)34/h1-5,9,15,17H,6-8,10H2,(H,38,47)(H,41,44)(H,42,45)(H2,39,40,43)/t17-/m0/s1. The molecule has 0 fully saturated rings. The molecule has 0 radical (unpaired) electrons. The molecule has 1 aliphatic rings. The molecule has 0 spiro atoms. The second kappa shape index (κ2) is 14.0. The van der Waals surface area contributed by atoms with Crippen LogP contribution in [0.4, 0.5) is 49.6 Å². The zero-order valence-electron chi connectivity index (χ0n) is 24.2. The fraction of sp³-hybridized carbons (Fsp3) is 0.333. The van der Waals surface area contributed by atoms with Gasteiger partial charge in [-0.1, -0.05) is 0 Å². The number of anilines is 1. The third kappa shape index (κ3) is 9.56. The Kier molecular flexibility index (Phi) is 10.4. The second-order valence-corrected chi connectivity index (χ2v) is 10.3. The van der Waals surface area contributed by atoms with E-state index in [1.54, 1.807) is 0 Å². The number of carbonyl (C=O) groups excluding carboxylic acids is 4. The summed E-state index contributed by atoms with van der Waals surface area (Å²) in [7, 11) is 0. The van der Waals surface area contributed by atoms with Gasteiger partial charge in [0, 0.05) is 10.9 Å². The van der Waals surface area contributed by atoms with Crippen molar-refractivity contribution in [3.05, 3.63) is 58.8 Å². The normalized spacial score (nSPS) is 15.9. The summed E-state index contributed by atoms with van der Waals surface area (Å²) in [6.07, 6.45) is -17.8. The van der Waals surface area contributed by atoms with E-state index in [9.17, 15) is 63.1 Å². The SMILES string of the molecule is O=C(CNC(=O)c1cc(NC2=NCC(F)CN2)c2cn[nH]c2c1)N[C@@H](CC(=O)OC(=O)C(F)(F)F)c1cc(C(F)(F)F)cc(C(F)(F)F)c1. The van der Waals surface area contributed by atoms with Gasteiger partial charge in [-0.3, -0.25) is 19.5 Å². The number of benzene rings is 2. The first kappa shape index (κ1) is 36.4. The molecule has 0 aliphatic carbocycles. The minimum atomic E-state index is -5.69. The largest absolute Gasteiger partial charge is 0.491 e. The molecule has 0 bridgehead atoms. The Hall–Kier alpha value is -5.44. The number of fused-ring (bicyclic) bond motifs is 1. The van der Waals surface area contributed by atoms with Gasteiger partial charge < -0.3 is 26.0 Å². The molecule has 0 saturated carbocycles. The van der Waals surface area contributed by atoms with Gasteiger partial charge in [-0.25, -0.2) is 14.2 Å². The zero-order valence-corrected chi connectivity index (χ0v) is 24.2. The molecule has 0 saturated heterocycles. The first-order valence-electron chi connectivity index (χ1n) is 13.6. The predicted molar refractivity (Wildman–Crippen MR) is 146 cm³/mol. The highest BCUT2D eigenvalue weighted by Crippen LogP contribution is 2.38. The molecule has 2 heterocycles. The van der Waals surface area contributed by atoms with Crippen LogP contribution in [0.3, 0.4) is 0 Å². The molecule has 1 aromatic heterocycles. The number of H-pyrrole nitrogens is 1. The highest BCUT2D eigenvalue weighted by Gasteiger charge is 2.43. The highest BCUT2D eigenvalue weighted by atomic mass is 19.4. The van der Waals surface area contributed by atoms with Gasteiger partial charge in [-0.2, -0.15) is 44.6 Å². The van der Waals surface area contributed by atoms with Gasteiger partial charge in [0.15, 0.2) is 5.96 Å². The molecule has 2 aromatic carbocycles. The molecule has 22 heteroatoms. The number of aromatic nitrogens is 2. The van der Waals surface area contributed by atoms with E-state index in [4.69, 9.17) is 0 Å². The van der Waals surface area contributed by atoms with Crippen molar-refractivity contribution < 1.29 is 67.8 Å². The van der Waals surface area contributed by atoms with Crippen LogP contribution < -0.4 is 21.3 Å². The molecule has 12 nitrogen and oxygen atoms in total. The lowest BCUT2D eigenvalue weighted by molar-refractivity contribution is -0.202. The van der Waals surface area contributed by atoms with Crippen molar-refractivity contribution in [3.63, 3.8) is 0 Å². The Morgan fingerprint density at radius 2 is 1.59 bits per heavy atom. The van der Waals surface area contributed by atoms with Crippen LogP contribution in [0.15, 0.2) is 41.5 Å². The van der Waals surface area contributed by atoms with Gasteiger partial charge >= 0.3 is 30.5 Å². The number of nitrogens with zero attached hydrogens (tertiary/aromatic N) is 2. The minimum absolute atomic E-state index is 0.0506. The Balaban J connectivity index is 1.55. The number of amides is 2. The van der Waals surface area contributed by atoms with Gasteiger partial charge in [0.25, 0.3) is 5.91 Å². The summed E-state index contributed by atoms with van der Waals surface area (Å²) in [5, 5.41) is 16.5. The van der Waals surface area contributed by atoms with E-state index >= 15 is 0 Å². The van der Waals surface area contributed by atoms with Crippen molar-refractivity contribution in [2.45, 2.75) is 37.2 Å². The number of hydrogen-bond acceptors (Lipinski definition) is 9. The number of rotatable bonds is 8. The van der Waals surface area contributed by atoms with Crippen molar-refractivity contribution in [2.24, 2.45) is 4.99 Å². The third-order valence-corrected chi connectivity index (χ3v) is 6.58. The van der Waals surface area contributed by atoms with Crippen molar-refractivity contribution in [2.75, 3.05) is 25.0 Å². The van der Waals surface area contributed by atoms with Gasteiger partial charge in [-0.05, 0) is 35.9 Å². The number of ether oxygens (including phenoxy) is 1. The number of nitrogens with one attached hydrogen (secondary N) is 5. The maximum Gasteiger partial charge on any atom is 0.491 e. The average molecular weight is 713 g/mol. The van der Waals surface area contributed by atoms with Crippen molar-refractivity contribution in [1.29, 1.82) is 0 Å². The summed E-state index contributed by atoms with van der Waals surface area (Å²) in [5.41, 5.74) is -4.38. The lowest BCUT2D eigenvalue weighted by Crippen LogP contribution is -2.41. The Morgan fingerprint density at radius 3 is 2.16 bits per heavy atom. The molecule has 5 N–H and O–H groups in total. The minimum Gasteiger partial charge on any atom is -0.386 e. The van der Waals surface area contributed by atoms with Crippen molar-refractivity contribution in [3.8, 4) is 0 Å². The third-order valence-electron chi connectivity index (χ3n) is 6.58. The number of esters is 2. The van der Waals surface area contributed by atoms with Crippen LogP contribution in [0.1, 0.15) is 39.5 Å². The lowest BCUT2D eigenvalue weighted by Gasteiger charge is -2.22. The molecule has 1 aliphatic heterocycles. The average Bonchev–Trinajstić information content (AvgIpc) is 3.48. The van der Waals surface area contributed by atoms with Crippen LogP contribution >= 0.6 is 0 Å². The van der Waals surface area contributed by atoms with Gasteiger partial charge in [-0.15, -0.1) is 0 Å². The second-order valence-electron chi connectivity index (χ2n) is 10.3. The van der Waals surface area contributed by atoms with E-state index in [2.05, 4.69) is 35.9 Å². The van der Waals surface area contributed by atoms with Crippen LogP contribution in [0, 0.1) is 0 Å². The number of carbonyl (C=O) groups is 4. The first-order chi connectivity index (χ1) is 22.7. The summed E-state index contributed by atoms with van der Waals surface area (Å²) in [6, 6.07) is 0.297. The van der Waals surface area contributed by atoms with Crippen LogP contribution in [0.25, 0.3) is 10.9 Å². The molecule has 264 valence electrons. The number of aromatic amines is 1. The fourth-order valence-electron chi connectivity index (χ4n) is 4.33. The van der Waals surface area contributed by atoms with Crippen molar-refractivity contribution >= 4 is 46.3 Å². The van der Waals surface area contributed by atoms with E-state index in [1.165, 1.54) is 18.3 Å². The van der Waals surface area contributed by atoms with E-state index in [0.717, 1.165) is 0 Å². The van der Waals surface area contributed by atoms with Gasteiger partial charge in [0.1, 0.15) is 6.17 Å². The monoisotopic (exact) mass is 713 g/mol.